The van der Waals surface area contributed by atoms with E-state index in [9.17, 15) is 4.79 Å². The Kier molecular flexibility index (Phi) is 4.66. The Morgan fingerprint density at radius 2 is 1.84 bits per heavy atom. The SMILES string of the molecule is COc1cc(C(=O)O)ccc1OC1CCCCCC1. The van der Waals surface area contributed by atoms with E-state index in [-0.39, 0.29) is 11.7 Å². The van der Waals surface area contributed by atoms with Crippen molar-refractivity contribution in [1.29, 1.82) is 0 Å². The quantitative estimate of drug-likeness (QED) is 0.846. The van der Waals surface area contributed by atoms with E-state index in [1.165, 1.54) is 38.9 Å². The summed E-state index contributed by atoms with van der Waals surface area (Å²) < 4.78 is 11.2. The highest BCUT2D eigenvalue weighted by Gasteiger charge is 2.17. The maximum absolute atomic E-state index is 10.9. The number of carboxylic acids is 1. The van der Waals surface area contributed by atoms with E-state index in [0.29, 0.717) is 11.5 Å². The molecule has 0 saturated heterocycles. The Morgan fingerprint density at radius 1 is 1.16 bits per heavy atom. The first kappa shape index (κ1) is 13.7. The van der Waals surface area contributed by atoms with Gasteiger partial charge in [-0.15, -0.1) is 0 Å². The van der Waals surface area contributed by atoms with Crippen LogP contribution in [-0.4, -0.2) is 24.3 Å². The van der Waals surface area contributed by atoms with Gasteiger partial charge in [0, 0.05) is 0 Å². The van der Waals surface area contributed by atoms with Crippen LogP contribution in [-0.2, 0) is 0 Å². The van der Waals surface area contributed by atoms with Crippen molar-refractivity contribution in [2.45, 2.75) is 44.6 Å². The second kappa shape index (κ2) is 6.45. The lowest BCUT2D eigenvalue weighted by molar-refractivity contribution is 0.0696. The van der Waals surface area contributed by atoms with Crippen LogP contribution in [0, 0.1) is 0 Å². The van der Waals surface area contributed by atoms with E-state index >= 15 is 0 Å². The molecule has 19 heavy (non-hydrogen) atoms. The largest absolute Gasteiger partial charge is 0.493 e. The summed E-state index contributed by atoms with van der Waals surface area (Å²) in [5, 5.41) is 8.96. The second-order valence-corrected chi connectivity index (χ2v) is 4.90. The first-order valence-electron chi connectivity index (χ1n) is 6.78. The van der Waals surface area contributed by atoms with Gasteiger partial charge in [0.2, 0.25) is 0 Å². The monoisotopic (exact) mass is 264 g/mol. The average molecular weight is 264 g/mol. The molecule has 1 aromatic carbocycles. The van der Waals surface area contributed by atoms with Gasteiger partial charge in [-0.3, -0.25) is 0 Å². The zero-order valence-electron chi connectivity index (χ0n) is 11.2. The molecule has 0 unspecified atom stereocenters. The lowest BCUT2D eigenvalue weighted by atomic mass is 10.1. The minimum Gasteiger partial charge on any atom is -0.493 e. The molecule has 104 valence electrons. The summed E-state index contributed by atoms with van der Waals surface area (Å²) in [4.78, 5) is 10.9. The van der Waals surface area contributed by atoms with Crippen LogP contribution in [0.3, 0.4) is 0 Å². The normalized spacial score (nSPS) is 16.7. The summed E-state index contributed by atoms with van der Waals surface area (Å²) in [5.74, 6) is 0.169. The topological polar surface area (TPSA) is 55.8 Å². The summed E-state index contributed by atoms with van der Waals surface area (Å²) in [6, 6.07) is 4.75. The minimum atomic E-state index is -0.959. The van der Waals surface area contributed by atoms with Crippen LogP contribution >= 0.6 is 0 Å². The predicted molar refractivity (Wildman–Crippen MR) is 72.1 cm³/mol. The van der Waals surface area contributed by atoms with Gasteiger partial charge in [0.25, 0.3) is 0 Å². The van der Waals surface area contributed by atoms with Crippen molar-refractivity contribution in [2.75, 3.05) is 7.11 Å². The standard InChI is InChI=1S/C15H20O4/c1-18-14-10-11(15(16)17)8-9-13(14)19-12-6-4-2-3-5-7-12/h8-10,12H,2-7H2,1H3,(H,16,17). The van der Waals surface area contributed by atoms with Crippen LogP contribution in [0.25, 0.3) is 0 Å². The fraction of sp³-hybridized carbons (Fsp3) is 0.533. The van der Waals surface area contributed by atoms with Gasteiger partial charge in [-0.2, -0.15) is 0 Å². The summed E-state index contributed by atoms with van der Waals surface area (Å²) in [6.07, 6.45) is 7.27. The van der Waals surface area contributed by atoms with Crippen molar-refractivity contribution in [1.82, 2.24) is 0 Å². The molecule has 0 aromatic heterocycles. The molecule has 1 N–H and O–H groups in total. The first-order valence-corrected chi connectivity index (χ1v) is 6.78. The highest BCUT2D eigenvalue weighted by molar-refractivity contribution is 5.88. The van der Waals surface area contributed by atoms with Gasteiger partial charge in [-0.05, 0) is 43.9 Å². The molecule has 0 aliphatic heterocycles. The smallest absolute Gasteiger partial charge is 0.335 e. The molecule has 1 saturated carbocycles. The fourth-order valence-electron chi connectivity index (χ4n) is 2.44. The third-order valence-corrected chi connectivity index (χ3v) is 3.51. The molecule has 0 atom stereocenters. The van der Waals surface area contributed by atoms with Gasteiger partial charge in [-0.25, -0.2) is 4.79 Å². The number of hydrogen-bond donors (Lipinski definition) is 1. The third-order valence-electron chi connectivity index (χ3n) is 3.51. The van der Waals surface area contributed by atoms with Gasteiger partial charge in [0.15, 0.2) is 11.5 Å². The zero-order chi connectivity index (χ0) is 13.7. The molecular weight excluding hydrogens is 244 g/mol. The summed E-state index contributed by atoms with van der Waals surface area (Å²) in [6.45, 7) is 0. The van der Waals surface area contributed by atoms with E-state index in [4.69, 9.17) is 14.6 Å². The Balaban J connectivity index is 2.12. The average Bonchev–Trinajstić information content (AvgIpc) is 2.67. The van der Waals surface area contributed by atoms with Crippen molar-refractivity contribution in [2.24, 2.45) is 0 Å². The molecule has 1 fully saturated rings. The van der Waals surface area contributed by atoms with Crippen LogP contribution in [0.1, 0.15) is 48.9 Å². The Hall–Kier alpha value is -1.71. The Morgan fingerprint density at radius 3 is 2.42 bits per heavy atom. The Bertz CT molecular complexity index is 434. The minimum absolute atomic E-state index is 0.213. The first-order chi connectivity index (χ1) is 9.20. The van der Waals surface area contributed by atoms with E-state index in [0.717, 1.165) is 12.8 Å². The number of carboxylic acid groups (broad SMARTS) is 1. The number of benzene rings is 1. The molecule has 0 heterocycles. The van der Waals surface area contributed by atoms with Crippen LogP contribution in [0.4, 0.5) is 0 Å². The highest BCUT2D eigenvalue weighted by atomic mass is 16.5. The number of methoxy groups -OCH3 is 1. The van der Waals surface area contributed by atoms with Gasteiger partial charge >= 0.3 is 5.97 Å². The van der Waals surface area contributed by atoms with Crippen molar-refractivity contribution < 1.29 is 19.4 Å². The number of hydrogen-bond acceptors (Lipinski definition) is 3. The molecule has 0 spiro atoms. The van der Waals surface area contributed by atoms with Crippen LogP contribution in [0.15, 0.2) is 18.2 Å². The molecule has 4 nitrogen and oxygen atoms in total. The van der Waals surface area contributed by atoms with Crippen molar-refractivity contribution in [3.05, 3.63) is 23.8 Å². The van der Waals surface area contributed by atoms with Crippen LogP contribution < -0.4 is 9.47 Å². The number of aromatic carboxylic acids is 1. The van der Waals surface area contributed by atoms with E-state index in [1.807, 2.05) is 0 Å². The lowest BCUT2D eigenvalue weighted by Crippen LogP contribution is -2.15. The number of carbonyl (C=O) groups is 1. The highest BCUT2D eigenvalue weighted by Crippen LogP contribution is 2.31. The fourth-order valence-corrected chi connectivity index (χ4v) is 2.44. The van der Waals surface area contributed by atoms with Gasteiger partial charge in [0.05, 0.1) is 18.8 Å². The molecule has 1 aliphatic carbocycles. The lowest BCUT2D eigenvalue weighted by Gasteiger charge is -2.19. The molecule has 0 bridgehead atoms. The molecule has 2 rings (SSSR count). The van der Waals surface area contributed by atoms with Crippen molar-refractivity contribution in [3.8, 4) is 11.5 Å². The molecule has 4 heteroatoms. The second-order valence-electron chi connectivity index (χ2n) is 4.90. The summed E-state index contributed by atoms with van der Waals surface area (Å²) in [5.41, 5.74) is 0.213. The van der Waals surface area contributed by atoms with Crippen molar-refractivity contribution in [3.63, 3.8) is 0 Å². The van der Waals surface area contributed by atoms with Gasteiger partial charge in [-0.1, -0.05) is 12.8 Å². The van der Waals surface area contributed by atoms with Crippen LogP contribution in [0.2, 0.25) is 0 Å². The van der Waals surface area contributed by atoms with E-state index in [1.54, 1.807) is 12.1 Å². The summed E-state index contributed by atoms with van der Waals surface area (Å²) >= 11 is 0. The Labute approximate surface area is 113 Å². The molecule has 1 aliphatic rings. The predicted octanol–water partition coefficient (Wildman–Crippen LogP) is 3.50. The summed E-state index contributed by atoms with van der Waals surface area (Å²) in [7, 11) is 1.53. The van der Waals surface area contributed by atoms with Gasteiger partial charge in [0.1, 0.15) is 0 Å². The third kappa shape index (κ3) is 3.63. The van der Waals surface area contributed by atoms with Gasteiger partial charge < -0.3 is 14.6 Å². The maximum Gasteiger partial charge on any atom is 0.335 e. The maximum atomic E-state index is 10.9. The molecule has 1 aromatic rings. The van der Waals surface area contributed by atoms with Crippen LogP contribution in [0.5, 0.6) is 11.5 Å². The number of rotatable bonds is 4. The van der Waals surface area contributed by atoms with E-state index < -0.39 is 5.97 Å². The van der Waals surface area contributed by atoms with Crippen molar-refractivity contribution >= 4 is 5.97 Å². The molecule has 0 radical (unpaired) electrons. The van der Waals surface area contributed by atoms with E-state index in [2.05, 4.69) is 0 Å². The zero-order valence-corrected chi connectivity index (χ0v) is 11.2. The number of ether oxygens (including phenoxy) is 2. The molecular formula is C15H20O4. The molecule has 0 amide bonds.